The molecular formula is C20H26N6O3S3. The van der Waals surface area contributed by atoms with Gasteiger partial charge in [0.05, 0.1) is 10.1 Å². The number of hydrogen-bond donors (Lipinski definition) is 1. The second-order valence-electron chi connectivity index (χ2n) is 7.63. The smallest absolute Gasteiger partial charge is 0.239 e. The van der Waals surface area contributed by atoms with E-state index in [2.05, 4.69) is 39.6 Å². The summed E-state index contributed by atoms with van der Waals surface area (Å²) >= 11 is 2.61. The summed E-state index contributed by atoms with van der Waals surface area (Å²) in [6.07, 6.45) is 1.37. The van der Waals surface area contributed by atoms with Gasteiger partial charge in [0, 0.05) is 13.5 Å². The van der Waals surface area contributed by atoms with Gasteiger partial charge in [-0.25, -0.2) is 8.42 Å². The minimum Gasteiger partial charge on any atom is -0.308 e. The van der Waals surface area contributed by atoms with Crippen LogP contribution in [-0.4, -0.2) is 44.5 Å². The molecule has 2 aromatic heterocycles. The number of nitrogens with one attached hydrogen (secondary N) is 1. The van der Waals surface area contributed by atoms with Crippen molar-refractivity contribution in [2.45, 2.75) is 54.7 Å². The highest BCUT2D eigenvalue weighted by Crippen LogP contribution is 2.27. The van der Waals surface area contributed by atoms with Crippen molar-refractivity contribution in [2.75, 3.05) is 5.32 Å². The van der Waals surface area contributed by atoms with E-state index in [1.807, 2.05) is 6.92 Å². The van der Waals surface area contributed by atoms with E-state index in [4.69, 9.17) is 0 Å². The van der Waals surface area contributed by atoms with Crippen molar-refractivity contribution in [2.24, 2.45) is 13.0 Å². The maximum Gasteiger partial charge on any atom is 0.239 e. The molecule has 3 rings (SSSR count). The fraction of sp³-hybridized carbons (Fsp3) is 0.450. The number of benzene rings is 1. The highest BCUT2D eigenvalue weighted by atomic mass is 32.2. The van der Waals surface area contributed by atoms with Crippen LogP contribution in [0.1, 0.15) is 38.0 Å². The third-order valence-corrected chi connectivity index (χ3v) is 8.43. The van der Waals surface area contributed by atoms with Crippen molar-refractivity contribution < 1.29 is 13.2 Å². The number of rotatable bonds is 10. The molecule has 0 aliphatic carbocycles. The molecule has 2 heterocycles. The Bertz CT molecular complexity index is 1160. The van der Waals surface area contributed by atoms with E-state index in [9.17, 15) is 13.2 Å². The number of amides is 1. The summed E-state index contributed by atoms with van der Waals surface area (Å²) in [5.74, 6) is 0.301. The molecule has 0 bridgehead atoms. The summed E-state index contributed by atoms with van der Waals surface area (Å²) in [6.45, 7) is 6.10. The van der Waals surface area contributed by atoms with Gasteiger partial charge in [-0.2, -0.15) is 0 Å². The minimum atomic E-state index is -3.55. The van der Waals surface area contributed by atoms with Crippen LogP contribution in [-0.2, 0) is 33.9 Å². The molecule has 0 saturated heterocycles. The molecule has 0 spiro atoms. The van der Waals surface area contributed by atoms with Crippen LogP contribution in [0.4, 0.5) is 5.13 Å². The molecular weight excluding hydrogens is 468 g/mol. The fourth-order valence-corrected chi connectivity index (χ4v) is 6.05. The number of nitrogens with zero attached hydrogens (tertiary/aromatic N) is 5. The van der Waals surface area contributed by atoms with Crippen molar-refractivity contribution >= 4 is 44.0 Å². The zero-order valence-corrected chi connectivity index (χ0v) is 20.8. The molecule has 32 heavy (non-hydrogen) atoms. The van der Waals surface area contributed by atoms with Crippen LogP contribution in [0.2, 0.25) is 0 Å². The van der Waals surface area contributed by atoms with Gasteiger partial charge < -0.3 is 4.57 Å². The Hall–Kier alpha value is -2.31. The molecule has 1 amide bonds. The summed E-state index contributed by atoms with van der Waals surface area (Å²) in [7, 11) is -1.85. The van der Waals surface area contributed by atoms with Crippen molar-refractivity contribution in [3.63, 3.8) is 0 Å². The molecule has 0 saturated carbocycles. The highest BCUT2D eigenvalue weighted by molar-refractivity contribution is 8.00. The monoisotopic (exact) mass is 494 g/mol. The Balaban J connectivity index is 1.67. The first-order valence-electron chi connectivity index (χ1n) is 10.2. The van der Waals surface area contributed by atoms with Crippen molar-refractivity contribution in [1.82, 2.24) is 25.0 Å². The van der Waals surface area contributed by atoms with Gasteiger partial charge in [-0.05, 0) is 24.5 Å². The number of carbonyl (C=O) groups is 1. The average molecular weight is 495 g/mol. The zero-order chi connectivity index (χ0) is 23.3. The maximum absolute atomic E-state index is 12.8. The topological polar surface area (TPSA) is 120 Å². The first-order valence-corrected chi connectivity index (χ1v) is 13.5. The molecule has 172 valence electrons. The number of sulfone groups is 1. The van der Waals surface area contributed by atoms with Gasteiger partial charge in [0.15, 0.2) is 15.0 Å². The predicted octanol–water partition coefficient (Wildman–Crippen LogP) is 3.35. The third-order valence-electron chi connectivity index (χ3n) is 4.54. The first-order chi connectivity index (χ1) is 15.2. The molecule has 0 radical (unpaired) electrons. The van der Waals surface area contributed by atoms with E-state index in [-0.39, 0.29) is 16.6 Å². The maximum atomic E-state index is 12.8. The average Bonchev–Trinajstić information content (AvgIpc) is 3.32. The molecule has 1 atom stereocenters. The van der Waals surface area contributed by atoms with Gasteiger partial charge in [0.25, 0.3) is 0 Å². The Morgan fingerprint density at radius 1 is 1.16 bits per heavy atom. The van der Waals surface area contributed by atoms with E-state index in [1.54, 1.807) is 41.9 Å². The molecule has 1 aromatic carbocycles. The Labute approximate surface area is 196 Å². The van der Waals surface area contributed by atoms with E-state index in [0.29, 0.717) is 28.5 Å². The van der Waals surface area contributed by atoms with Gasteiger partial charge in [-0.3, -0.25) is 10.1 Å². The summed E-state index contributed by atoms with van der Waals surface area (Å²) < 4.78 is 26.9. The number of thioether (sulfide) groups is 1. The lowest BCUT2D eigenvalue weighted by Crippen LogP contribution is -2.25. The lowest BCUT2D eigenvalue weighted by molar-refractivity contribution is -0.115. The van der Waals surface area contributed by atoms with Gasteiger partial charge in [0.2, 0.25) is 11.0 Å². The number of anilines is 1. The van der Waals surface area contributed by atoms with Crippen molar-refractivity contribution in [3.05, 3.63) is 41.2 Å². The standard InChI is InChI=1S/C20H26N6O3S3/c1-5-15(18(27)21-19-24-23-17(31-19)11-13(2)3)30-20-25-22-16(26(20)4)12-32(28,29)14-9-7-6-8-10-14/h6-10,13,15H,5,11-12H2,1-4H3,(H,21,24,27). The Morgan fingerprint density at radius 2 is 1.88 bits per heavy atom. The SMILES string of the molecule is CCC(Sc1nnc(CS(=O)(=O)c2ccccc2)n1C)C(=O)Nc1nnc(CC(C)C)s1. The summed E-state index contributed by atoms with van der Waals surface area (Å²) in [5, 5.41) is 20.5. The second-order valence-corrected chi connectivity index (χ2v) is 11.9. The van der Waals surface area contributed by atoms with Crippen LogP contribution in [0.15, 0.2) is 40.4 Å². The third kappa shape index (κ3) is 6.14. The van der Waals surface area contributed by atoms with Crippen molar-refractivity contribution in [1.29, 1.82) is 0 Å². The Morgan fingerprint density at radius 3 is 2.53 bits per heavy atom. The van der Waals surface area contributed by atoms with Crippen LogP contribution < -0.4 is 5.32 Å². The second kappa shape index (κ2) is 10.5. The van der Waals surface area contributed by atoms with Crippen LogP contribution in [0.25, 0.3) is 0 Å². The minimum absolute atomic E-state index is 0.203. The highest BCUT2D eigenvalue weighted by Gasteiger charge is 2.25. The molecule has 0 fully saturated rings. The Kier molecular flexibility index (Phi) is 8.01. The number of aromatic nitrogens is 5. The van der Waals surface area contributed by atoms with Crippen molar-refractivity contribution in [3.8, 4) is 0 Å². The molecule has 0 aliphatic heterocycles. The lowest BCUT2D eigenvalue weighted by Gasteiger charge is -2.13. The van der Waals surface area contributed by atoms with Gasteiger partial charge in [0.1, 0.15) is 16.6 Å². The van der Waals surface area contributed by atoms with Gasteiger partial charge >= 0.3 is 0 Å². The largest absolute Gasteiger partial charge is 0.308 e. The molecule has 1 unspecified atom stereocenters. The summed E-state index contributed by atoms with van der Waals surface area (Å²) in [6, 6.07) is 8.23. The molecule has 0 aliphatic rings. The first kappa shape index (κ1) is 24.3. The summed E-state index contributed by atoms with van der Waals surface area (Å²) in [5.41, 5.74) is 0. The number of hydrogen-bond acceptors (Lipinski definition) is 9. The van der Waals surface area contributed by atoms with E-state index >= 15 is 0 Å². The molecule has 3 aromatic rings. The van der Waals surface area contributed by atoms with E-state index < -0.39 is 15.1 Å². The number of carbonyl (C=O) groups excluding carboxylic acids is 1. The van der Waals surface area contributed by atoms with Crippen LogP contribution in [0.5, 0.6) is 0 Å². The predicted molar refractivity (Wildman–Crippen MR) is 125 cm³/mol. The normalized spacial score (nSPS) is 12.8. The molecule has 9 nitrogen and oxygen atoms in total. The van der Waals surface area contributed by atoms with Crippen LogP contribution >= 0.6 is 23.1 Å². The van der Waals surface area contributed by atoms with Crippen LogP contribution in [0.3, 0.4) is 0 Å². The quantitative estimate of drug-likeness (QED) is 0.426. The van der Waals surface area contributed by atoms with Gasteiger partial charge in [-0.15, -0.1) is 20.4 Å². The van der Waals surface area contributed by atoms with Gasteiger partial charge in [-0.1, -0.05) is 62.1 Å². The van der Waals surface area contributed by atoms with Crippen LogP contribution in [0, 0.1) is 5.92 Å². The molecule has 12 heteroatoms. The zero-order valence-electron chi connectivity index (χ0n) is 18.3. The molecule has 1 N–H and O–H groups in total. The van der Waals surface area contributed by atoms with E-state index in [1.165, 1.54) is 23.1 Å². The summed E-state index contributed by atoms with van der Waals surface area (Å²) in [4.78, 5) is 13.0. The lowest BCUT2D eigenvalue weighted by atomic mass is 10.1. The fourth-order valence-electron chi connectivity index (χ4n) is 2.83. The van der Waals surface area contributed by atoms with E-state index in [0.717, 1.165) is 11.4 Å².